The predicted molar refractivity (Wildman–Crippen MR) is 55.6 cm³/mol. The zero-order valence-electron chi connectivity index (χ0n) is 9.02. The van der Waals surface area contributed by atoms with Gasteiger partial charge in [-0.15, -0.1) is 0 Å². The molecule has 4 nitrogen and oxygen atoms in total. The van der Waals surface area contributed by atoms with E-state index in [0.717, 1.165) is 12.1 Å². The minimum Gasteiger partial charge on any atom is -0.480 e. The Hall–Kier alpha value is -1.89. The van der Waals surface area contributed by atoms with Crippen LogP contribution in [0.4, 0.5) is 13.2 Å². The molecule has 1 rings (SSSR count). The number of hydrogen-bond acceptors (Lipinski definition) is 3. The molecular weight excluding hydrogens is 251 g/mol. The molecule has 0 heterocycles. The number of benzene rings is 1. The number of aliphatic carboxylic acids is 1. The Morgan fingerprint density at radius 3 is 2.11 bits per heavy atom. The number of aldehydes is 1. The maximum absolute atomic E-state index is 12.7. The fraction of sp³-hybridized carbons (Fsp3) is 0.273. The van der Waals surface area contributed by atoms with Gasteiger partial charge in [0.2, 0.25) is 0 Å². The van der Waals surface area contributed by atoms with Gasteiger partial charge in [-0.05, 0) is 5.56 Å². The molecule has 18 heavy (non-hydrogen) atoms. The van der Waals surface area contributed by atoms with E-state index in [2.05, 4.69) is 0 Å². The number of carboxylic acid groups (broad SMARTS) is 1. The van der Waals surface area contributed by atoms with E-state index in [1.165, 1.54) is 18.2 Å². The van der Waals surface area contributed by atoms with Gasteiger partial charge in [0.15, 0.2) is 5.54 Å². The molecule has 7 heteroatoms. The second kappa shape index (κ2) is 4.77. The van der Waals surface area contributed by atoms with Gasteiger partial charge in [0, 0.05) is 0 Å². The van der Waals surface area contributed by atoms with Crippen molar-refractivity contribution in [2.24, 2.45) is 11.7 Å². The van der Waals surface area contributed by atoms with Crippen LogP contribution in [0.15, 0.2) is 30.3 Å². The van der Waals surface area contributed by atoms with Crippen LogP contribution in [0.3, 0.4) is 0 Å². The Balaban J connectivity index is 3.41. The smallest absolute Gasteiger partial charge is 0.401 e. The van der Waals surface area contributed by atoms with Crippen LogP contribution in [0.1, 0.15) is 5.56 Å². The Bertz CT molecular complexity index is 447. The molecule has 0 aliphatic rings. The molecule has 0 fully saturated rings. The zero-order chi connectivity index (χ0) is 14.0. The number of nitrogens with two attached hydrogens (primary N) is 1. The number of carbonyl (C=O) groups excluding carboxylic acids is 1. The average molecular weight is 261 g/mol. The largest absolute Gasteiger partial charge is 0.480 e. The first kappa shape index (κ1) is 14.2. The topological polar surface area (TPSA) is 80.4 Å². The average Bonchev–Trinajstić information content (AvgIpc) is 2.28. The van der Waals surface area contributed by atoms with Crippen molar-refractivity contribution in [2.45, 2.75) is 11.7 Å². The molecule has 98 valence electrons. The van der Waals surface area contributed by atoms with E-state index in [4.69, 9.17) is 10.8 Å². The lowest BCUT2D eigenvalue weighted by Crippen LogP contribution is -2.56. The highest BCUT2D eigenvalue weighted by molar-refractivity contribution is 5.85. The lowest BCUT2D eigenvalue weighted by atomic mass is 9.79. The highest BCUT2D eigenvalue weighted by atomic mass is 19.4. The molecule has 2 unspecified atom stereocenters. The van der Waals surface area contributed by atoms with Crippen LogP contribution < -0.4 is 5.73 Å². The number of alkyl halides is 3. The summed E-state index contributed by atoms with van der Waals surface area (Å²) in [7, 11) is 0. The summed E-state index contributed by atoms with van der Waals surface area (Å²) in [5, 5.41) is 8.97. The molecule has 0 amide bonds. The van der Waals surface area contributed by atoms with E-state index in [0.29, 0.717) is 0 Å². The second-order valence-corrected chi connectivity index (χ2v) is 3.70. The fourth-order valence-corrected chi connectivity index (χ4v) is 1.59. The highest BCUT2D eigenvalue weighted by Crippen LogP contribution is 2.38. The van der Waals surface area contributed by atoms with E-state index in [1.54, 1.807) is 0 Å². The van der Waals surface area contributed by atoms with E-state index in [1.807, 2.05) is 0 Å². The molecule has 0 bridgehead atoms. The first-order chi connectivity index (χ1) is 8.24. The highest BCUT2D eigenvalue weighted by Gasteiger charge is 2.57. The van der Waals surface area contributed by atoms with E-state index < -0.39 is 29.9 Å². The summed E-state index contributed by atoms with van der Waals surface area (Å²) in [6.07, 6.45) is -5.52. The molecule has 0 aliphatic heterocycles. The third-order valence-electron chi connectivity index (χ3n) is 2.58. The molecule has 3 N–H and O–H groups in total. The van der Waals surface area contributed by atoms with Crippen molar-refractivity contribution in [3.63, 3.8) is 0 Å². The number of carbonyl (C=O) groups is 2. The summed E-state index contributed by atoms with van der Waals surface area (Å²) in [4.78, 5) is 21.7. The van der Waals surface area contributed by atoms with Gasteiger partial charge in [0.25, 0.3) is 0 Å². The van der Waals surface area contributed by atoms with Crippen molar-refractivity contribution in [2.75, 3.05) is 0 Å². The minimum absolute atomic E-state index is 0.285. The summed E-state index contributed by atoms with van der Waals surface area (Å²) >= 11 is 0. The monoisotopic (exact) mass is 261 g/mol. The van der Waals surface area contributed by atoms with Crippen LogP contribution >= 0.6 is 0 Å². The zero-order valence-corrected chi connectivity index (χ0v) is 9.02. The van der Waals surface area contributed by atoms with Gasteiger partial charge < -0.3 is 15.6 Å². The molecule has 0 spiro atoms. The lowest BCUT2D eigenvalue weighted by Gasteiger charge is -2.31. The summed E-state index contributed by atoms with van der Waals surface area (Å²) < 4.78 is 38.1. The summed E-state index contributed by atoms with van der Waals surface area (Å²) in [5.41, 5.74) is 2.23. The van der Waals surface area contributed by atoms with Crippen molar-refractivity contribution >= 4 is 12.3 Å². The Labute approximate surface area is 100 Å². The van der Waals surface area contributed by atoms with Crippen LogP contribution in [0.5, 0.6) is 0 Å². The van der Waals surface area contributed by atoms with Crippen molar-refractivity contribution in [1.82, 2.24) is 0 Å². The fourth-order valence-electron chi connectivity index (χ4n) is 1.59. The van der Waals surface area contributed by atoms with Gasteiger partial charge in [-0.2, -0.15) is 13.2 Å². The van der Waals surface area contributed by atoms with Crippen molar-refractivity contribution < 1.29 is 27.9 Å². The normalized spacial score (nSPS) is 16.7. The van der Waals surface area contributed by atoms with Crippen LogP contribution in [-0.4, -0.2) is 23.5 Å². The first-order valence-corrected chi connectivity index (χ1v) is 4.84. The third-order valence-corrected chi connectivity index (χ3v) is 2.58. The van der Waals surface area contributed by atoms with Crippen LogP contribution in [0.25, 0.3) is 0 Å². The van der Waals surface area contributed by atoms with Crippen molar-refractivity contribution in [3.05, 3.63) is 35.9 Å². The SMILES string of the molecule is NC(C(=O)O)(c1ccccc1)C(C=O)C(F)(F)F. The minimum atomic E-state index is -5.04. The number of carboxylic acids is 1. The van der Waals surface area contributed by atoms with E-state index in [9.17, 15) is 22.8 Å². The summed E-state index contributed by atoms with van der Waals surface area (Å²) in [6.45, 7) is 0. The van der Waals surface area contributed by atoms with Gasteiger partial charge in [-0.3, -0.25) is 0 Å². The van der Waals surface area contributed by atoms with Gasteiger partial charge in [0.05, 0.1) is 0 Å². The predicted octanol–water partition coefficient (Wildman–Crippen LogP) is 1.30. The summed E-state index contributed by atoms with van der Waals surface area (Å²) in [5.74, 6) is -4.73. The molecule has 2 atom stereocenters. The molecule has 1 aromatic rings. The van der Waals surface area contributed by atoms with Gasteiger partial charge in [-0.1, -0.05) is 30.3 Å². The number of rotatable bonds is 4. The Morgan fingerprint density at radius 2 is 1.78 bits per heavy atom. The molecule has 1 aromatic carbocycles. The molecule has 0 aromatic heterocycles. The van der Waals surface area contributed by atoms with Gasteiger partial charge >= 0.3 is 12.1 Å². The second-order valence-electron chi connectivity index (χ2n) is 3.70. The summed E-state index contributed by atoms with van der Waals surface area (Å²) in [6, 6.07) is 6.46. The maximum atomic E-state index is 12.7. The van der Waals surface area contributed by atoms with Gasteiger partial charge in [-0.25, -0.2) is 4.79 Å². The standard InChI is InChI=1S/C11H10F3NO3/c12-11(13,14)8(6-16)10(15,9(17)18)7-4-2-1-3-5-7/h1-6,8H,15H2,(H,17,18). The first-order valence-electron chi connectivity index (χ1n) is 4.84. The number of halogens is 3. The van der Waals surface area contributed by atoms with Gasteiger partial charge in [0.1, 0.15) is 12.2 Å². The molecule has 0 saturated heterocycles. The maximum Gasteiger partial charge on any atom is 0.401 e. The Kier molecular flexibility index (Phi) is 3.76. The molecule has 0 saturated carbocycles. The number of hydrogen-bond donors (Lipinski definition) is 2. The van der Waals surface area contributed by atoms with E-state index >= 15 is 0 Å². The lowest BCUT2D eigenvalue weighted by molar-refractivity contribution is -0.197. The Morgan fingerprint density at radius 1 is 1.28 bits per heavy atom. The van der Waals surface area contributed by atoms with Crippen molar-refractivity contribution in [3.8, 4) is 0 Å². The van der Waals surface area contributed by atoms with Crippen LogP contribution in [0.2, 0.25) is 0 Å². The molecular formula is C11H10F3NO3. The third kappa shape index (κ3) is 2.35. The van der Waals surface area contributed by atoms with E-state index in [-0.39, 0.29) is 5.56 Å². The molecule has 0 radical (unpaired) electrons. The van der Waals surface area contributed by atoms with Crippen molar-refractivity contribution in [1.29, 1.82) is 0 Å². The van der Waals surface area contributed by atoms with Crippen LogP contribution in [-0.2, 0) is 15.1 Å². The van der Waals surface area contributed by atoms with Crippen LogP contribution in [0, 0.1) is 5.92 Å². The quantitative estimate of drug-likeness (QED) is 0.800. The molecule has 0 aliphatic carbocycles.